The summed E-state index contributed by atoms with van der Waals surface area (Å²) in [5, 5.41) is 0. The maximum Gasteiger partial charge on any atom is 0.153 e. The zero-order valence-corrected chi connectivity index (χ0v) is 13.5. The van der Waals surface area contributed by atoms with E-state index < -0.39 is 9.84 Å². The van der Waals surface area contributed by atoms with Gasteiger partial charge in [0.25, 0.3) is 0 Å². The van der Waals surface area contributed by atoms with Gasteiger partial charge in [-0.05, 0) is 20.8 Å². The van der Waals surface area contributed by atoms with Crippen LogP contribution in [0, 0.1) is 0 Å². The van der Waals surface area contributed by atoms with Crippen LogP contribution in [0.1, 0.15) is 41.5 Å². The van der Waals surface area contributed by atoms with E-state index in [1.165, 1.54) is 0 Å². The smallest absolute Gasteiger partial charge is 0.153 e. The quantitative estimate of drug-likeness (QED) is 0.751. The van der Waals surface area contributed by atoms with E-state index in [-0.39, 0.29) is 28.5 Å². The zero-order valence-electron chi connectivity index (χ0n) is 11.9. The maximum atomic E-state index is 11.7. The van der Waals surface area contributed by atoms with E-state index in [1.807, 2.05) is 20.8 Å². The van der Waals surface area contributed by atoms with Crippen molar-refractivity contribution in [3.63, 3.8) is 0 Å². The second-order valence-electron chi connectivity index (χ2n) is 6.07. The Balaban J connectivity index is 3.90. The molecule has 0 aromatic rings. The highest BCUT2D eigenvalue weighted by atomic mass is 32.2. The second-order valence-corrected chi connectivity index (χ2v) is 10.3. The largest absolute Gasteiger partial charge is 0.375 e. The SMILES string of the molecule is CC(C)(C)OCCS(=O)(=O)CCSC(C)(C)C. The number of hydrogen-bond donors (Lipinski definition) is 0. The minimum atomic E-state index is -2.97. The third kappa shape index (κ3) is 12.5. The van der Waals surface area contributed by atoms with Crippen molar-refractivity contribution >= 4 is 21.6 Å². The van der Waals surface area contributed by atoms with E-state index in [9.17, 15) is 8.42 Å². The molecular formula is C12H26O3S2. The van der Waals surface area contributed by atoms with Crippen molar-refractivity contribution < 1.29 is 13.2 Å². The molecule has 0 bridgehead atoms. The van der Waals surface area contributed by atoms with Crippen molar-refractivity contribution in [3.8, 4) is 0 Å². The van der Waals surface area contributed by atoms with Crippen LogP contribution in [0.4, 0.5) is 0 Å². The summed E-state index contributed by atoms with van der Waals surface area (Å²) in [5.74, 6) is 1.01. The fourth-order valence-corrected chi connectivity index (χ4v) is 3.55. The molecule has 0 aliphatic rings. The second kappa shape index (κ2) is 6.43. The fraction of sp³-hybridized carbons (Fsp3) is 1.00. The molecule has 0 saturated carbocycles. The lowest BCUT2D eigenvalue weighted by atomic mass is 10.2. The zero-order chi connectivity index (χ0) is 13.7. The summed E-state index contributed by atoms with van der Waals surface area (Å²) in [6.45, 7) is 12.3. The summed E-state index contributed by atoms with van der Waals surface area (Å²) in [6, 6.07) is 0. The van der Waals surface area contributed by atoms with Crippen LogP contribution in [0.2, 0.25) is 0 Å². The molecule has 0 fully saturated rings. The predicted molar refractivity (Wildman–Crippen MR) is 76.6 cm³/mol. The van der Waals surface area contributed by atoms with E-state index in [1.54, 1.807) is 11.8 Å². The van der Waals surface area contributed by atoms with Crippen LogP contribution in [-0.4, -0.2) is 42.6 Å². The topological polar surface area (TPSA) is 43.4 Å². The van der Waals surface area contributed by atoms with Crippen LogP contribution in [0.3, 0.4) is 0 Å². The normalized spacial score (nSPS) is 14.0. The van der Waals surface area contributed by atoms with Crippen molar-refractivity contribution in [1.29, 1.82) is 0 Å². The molecule has 0 saturated heterocycles. The van der Waals surface area contributed by atoms with Crippen molar-refractivity contribution in [2.45, 2.75) is 51.9 Å². The molecule has 3 nitrogen and oxygen atoms in total. The van der Waals surface area contributed by atoms with E-state index in [0.29, 0.717) is 5.75 Å². The molecule has 104 valence electrons. The Labute approximate surface area is 111 Å². The first kappa shape index (κ1) is 17.3. The maximum absolute atomic E-state index is 11.7. The summed E-state index contributed by atoms with van der Waals surface area (Å²) in [7, 11) is -2.97. The lowest BCUT2D eigenvalue weighted by molar-refractivity contribution is 0.00646. The van der Waals surface area contributed by atoms with Gasteiger partial charge in [0, 0.05) is 10.5 Å². The minimum Gasteiger partial charge on any atom is -0.375 e. The van der Waals surface area contributed by atoms with Gasteiger partial charge < -0.3 is 4.74 Å². The summed E-state index contributed by atoms with van der Waals surface area (Å²) >= 11 is 1.68. The lowest BCUT2D eigenvalue weighted by Crippen LogP contribution is -2.25. The van der Waals surface area contributed by atoms with Crippen molar-refractivity contribution in [1.82, 2.24) is 0 Å². The number of rotatable bonds is 6. The van der Waals surface area contributed by atoms with Crippen LogP contribution >= 0.6 is 11.8 Å². The Morgan fingerprint density at radius 3 is 1.94 bits per heavy atom. The van der Waals surface area contributed by atoms with Gasteiger partial charge in [0.1, 0.15) is 0 Å². The molecule has 0 unspecified atom stereocenters. The molecule has 0 aliphatic carbocycles. The molecule has 0 N–H and O–H groups in total. The highest BCUT2D eigenvalue weighted by Gasteiger charge is 2.17. The summed E-state index contributed by atoms with van der Waals surface area (Å²) in [6.07, 6.45) is 0. The molecule has 0 atom stereocenters. The lowest BCUT2D eigenvalue weighted by Gasteiger charge is -2.20. The van der Waals surface area contributed by atoms with E-state index >= 15 is 0 Å². The van der Waals surface area contributed by atoms with Crippen LogP contribution in [-0.2, 0) is 14.6 Å². The Bertz CT molecular complexity index is 282. The Hall–Kier alpha value is 0.260. The summed E-state index contributed by atoms with van der Waals surface area (Å²) < 4.78 is 29.0. The Morgan fingerprint density at radius 2 is 1.53 bits per heavy atom. The van der Waals surface area contributed by atoms with Gasteiger partial charge >= 0.3 is 0 Å². The van der Waals surface area contributed by atoms with Gasteiger partial charge in [-0.25, -0.2) is 8.42 Å². The summed E-state index contributed by atoms with van der Waals surface area (Å²) in [4.78, 5) is 0. The number of hydrogen-bond acceptors (Lipinski definition) is 4. The highest BCUT2D eigenvalue weighted by molar-refractivity contribution is 8.01. The van der Waals surface area contributed by atoms with Crippen LogP contribution in [0.15, 0.2) is 0 Å². The molecule has 0 aliphatic heterocycles. The van der Waals surface area contributed by atoms with Gasteiger partial charge in [0.15, 0.2) is 9.84 Å². The van der Waals surface area contributed by atoms with E-state index in [0.717, 1.165) is 0 Å². The molecule has 0 radical (unpaired) electrons. The molecule has 0 amide bonds. The van der Waals surface area contributed by atoms with Gasteiger partial charge in [0.05, 0.1) is 23.7 Å². The molecule has 0 aromatic carbocycles. The van der Waals surface area contributed by atoms with E-state index in [4.69, 9.17) is 4.74 Å². The van der Waals surface area contributed by atoms with Crippen LogP contribution in [0.25, 0.3) is 0 Å². The van der Waals surface area contributed by atoms with Crippen molar-refractivity contribution in [3.05, 3.63) is 0 Å². The average molecular weight is 282 g/mol. The van der Waals surface area contributed by atoms with Crippen molar-refractivity contribution in [2.24, 2.45) is 0 Å². The molecule has 0 aromatic heterocycles. The molecule has 0 rings (SSSR count). The first-order chi connectivity index (χ1) is 7.41. The van der Waals surface area contributed by atoms with E-state index in [2.05, 4.69) is 20.8 Å². The van der Waals surface area contributed by atoms with Gasteiger partial charge in [-0.2, -0.15) is 11.8 Å². The van der Waals surface area contributed by atoms with Gasteiger partial charge in [-0.3, -0.25) is 0 Å². The molecule has 5 heteroatoms. The minimum absolute atomic E-state index is 0.120. The third-order valence-electron chi connectivity index (χ3n) is 1.86. The Morgan fingerprint density at radius 1 is 1.00 bits per heavy atom. The number of ether oxygens (including phenoxy) is 1. The highest BCUT2D eigenvalue weighted by Crippen LogP contribution is 2.23. The van der Waals surface area contributed by atoms with Crippen molar-refractivity contribution in [2.75, 3.05) is 23.9 Å². The number of sulfone groups is 1. The number of thioether (sulfide) groups is 1. The monoisotopic (exact) mass is 282 g/mol. The molecule has 17 heavy (non-hydrogen) atoms. The first-order valence-electron chi connectivity index (χ1n) is 5.90. The molecule has 0 spiro atoms. The van der Waals surface area contributed by atoms with Gasteiger partial charge in [-0.1, -0.05) is 20.8 Å². The molecule has 0 heterocycles. The first-order valence-corrected chi connectivity index (χ1v) is 8.70. The predicted octanol–water partition coefficient (Wildman–Crippen LogP) is 2.75. The average Bonchev–Trinajstić information content (AvgIpc) is 1.96. The van der Waals surface area contributed by atoms with Crippen LogP contribution < -0.4 is 0 Å². The molecular weight excluding hydrogens is 256 g/mol. The van der Waals surface area contributed by atoms with Gasteiger partial charge in [0.2, 0.25) is 0 Å². The summed E-state index contributed by atoms with van der Waals surface area (Å²) in [5.41, 5.74) is -0.268. The van der Waals surface area contributed by atoms with Crippen LogP contribution in [0.5, 0.6) is 0 Å². The Kier molecular flexibility index (Phi) is 6.53. The third-order valence-corrected chi connectivity index (χ3v) is 5.01. The fourth-order valence-electron chi connectivity index (χ4n) is 1.05. The van der Waals surface area contributed by atoms with Gasteiger partial charge in [-0.15, -0.1) is 0 Å². The standard InChI is InChI=1S/C12H26O3S2/c1-11(2,3)15-7-9-17(13,14)10-8-16-12(4,5)6/h7-10H2,1-6H3.